The highest BCUT2D eigenvalue weighted by Gasteiger charge is 2.42. The summed E-state index contributed by atoms with van der Waals surface area (Å²) in [5.74, 6) is 1.23. The van der Waals surface area contributed by atoms with Gasteiger partial charge >= 0.3 is 0 Å². The Kier molecular flexibility index (Phi) is 6.33. The topological polar surface area (TPSA) is 105 Å². The van der Waals surface area contributed by atoms with Gasteiger partial charge in [0, 0.05) is 17.5 Å². The number of amides is 2. The second-order valence-corrected chi connectivity index (χ2v) is 10.0. The summed E-state index contributed by atoms with van der Waals surface area (Å²) >= 11 is 1.02. The first-order valence-electron chi connectivity index (χ1n) is 11.1. The highest BCUT2D eigenvalue weighted by atomic mass is 32.2. The minimum absolute atomic E-state index is 0.201. The number of hydrogen-bond acceptors (Lipinski definition) is 7. The summed E-state index contributed by atoms with van der Waals surface area (Å²) in [4.78, 5) is 23.1. The van der Waals surface area contributed by atoms with Gasteiger partial charge in [-0.3, -0.25) is 14.9 Å². The van der Waals surface area contributed by atoms with Crippen molar-refractivity contribution in [2.24, 2.45) is 0 Å². The lowest BCUT2D eigenvalue weighted by atomic mass is 9.83. The van der Waals surface area contributed by atoms with Crippen LogP contribution in [0.3, 0.4) is 0 Å². The zero-order valence-electron chi connectivity index (χ0n) is 19.2. The van der Waals surface area contributed by atoms with Crippen LogP contribution in [0.4, 0.5) is 4.79 Å². The molecular formula is C25H29NO6S. The number of benzene rings is 2. The van der Waals surface area contributed by atoms with Crippen molar-refractivity contribution in [1.29, 1.82) is 0 Å². The van der Waals surface area contributed by atoms with Crippen LogP contribution in [0.5, 0.6) is 17.2 Å². The highest BCUT2D eigenvalue weighted by molar-refractivity contribution is 8.15. The Morgan fingerprint density at radius 2 is 1.85 bits per heavy atom. The fraction of sp³-hybridized carbons (Fsp3) is 0.440. The first kappa shape index (κ1) is 23.4. The lowest BCUT2D eigenvalue weighted by Crippen LogP contribution is -2.46. The summed E-state index contributed by atoms with van der Waals surface area (Å²) in [7, 11) is 0. The quantitative estimate of drug-likeness (QED) is 0.578. The van der Waals surface area contributed by atoms with Gasteiger partial charge in [-0.05, 0) is 62.4 Å². The average molecular weight is 472 g/mol. The van der Waals surface area contributed by atoms with E-state index < -0.39 is 17.0 Å². The van der Waals surface area contributed by atoms with Crippen molar-refractivity contribution in [2.45, 2.75) is 63.9 Å². The number of phenols is 1. The lowest BCUT2D eigenvalue weighted by molar-refractivity contribution is -0.118. The van der Waals surface area contributed by atoms with E-state index in [2.05, 4.69) is 5.32 Å². The first-order chi connectivity index (χ1) is 15.6. The number of nitrogens with one attached hydrogen (secondary N) is 1. The molecule has 0 spiro atoms. The number of hydrogen-bond donors (Lipinski definition) is 3. The molecule has 2 aliphatic heterocycles. The molecule has 3 unspecified atom stereocenters. The van der Waals surface area contributed by atoms with Crippen molar-refractivity contribution in [3.05, 3.63) is 52.1 Å². The lowest BCUT2D eigenvalue weighted by Gasteiger charge is -2.41. The van der Waals surface area contributed by atoms with Crippen molar-refractivity contribution < 1.29 is 29.3 Å². The third-order valence-corrected chi connectivity index (χ3v) is 7.72. The van der Waals surface area contributed by atoms with E-state index in [0.717, 1.165) is 28.5 Å². The van der Waals surface area contributed by atoms with Crippen molar-refractivity contribution in [3.8, 4) is 17.2 Å². The van der Waals surface area contributed by atoms with E-state index >= 15 is 0 Å². The summed E-state index contributed by atoms with van der Waals surface area (Å²) in [5.41, 5.74) is 3.10. The molecule has 2 heterocycles. The number of fused-ring (bicyclic) bond motifs is 1. The van der Waals surface area contributed by atoms with Crippen LogP contribution in [0.25, 0.3) is 0 Å². The fourth-order valence-electron chi connectivity index (χ4n) is 4.46. The van der Waals surface area contributed by atoms with Gasteiger partial charge in [0.05, 0.1) is 11.4 Å². The number of aliphatic hydroxyl groups excluding tert-OH is 1. The van der Waals surface area contributed by atoms with E-state index in [1.807, 2.05) is 45.0 Å². The zero-order valence-corrected chi connectivity index (χ0v) is 20.0. The molecule has 2 aromatic carbocycles. The van der Waals surface area contributed by atoms with Crippen LogP contribution in [-0.4, -0.2) is 38.8 Å². The van der Waals surface area contributed by atoms with Crippen LogP contribution in [-0.2, 0) is 11.2 Å². The molecule has 2 aliphatic rings. The maximum absolute atomic E-state index is 11.8. The predicted molar refractivity (Wildman–Crippen MR) is 126 cm³/mol. The highest BCUT2D eigenvalue weighted by Crippen LogP contribution is 2.48. The standard InChI is InChI=1S/C25H29NO6S/c1-5-25(11-18(27)20-15(4)21(28)13(2)14(3)22(20)32-25)12-31-17-8-6-16(7-9-17)10-19-23(29)26-24(30)33-19/h6-9,18-19,27-28H,5,10-12H2,1-4H3,(H,26,29,30). The Morgan fingerprint density at radius 1 is 1.15 bits per heavy atom. The molecule has 2 amide bonds. The molecule has 1 fully saturated rings. The monoisotopic (exact) mass is 471 g/mol. The molecule has 0 radical (unpaired) electrons. The van der Waals surface area contributed by atoms with Gasteiger partial charge in [0.25, 0.3) is 5.24 Å². The van der Waals surface area contributed by atoms with Gasteiger partial charge in [-0.2, -0.15) is 0 Å². The van der Waals surface area contributed by atoms with Gasteiger partial charge in [-0.1, -0.05) is 30.8 Å². The largest absolute Gasteiger partial charge is 0.507 e. The van der Waals surface area contributed by atoms with Gasteiger partial charge < -0.3 is 19.7 Å². The number of aliphatic hydroxyl groups is 1. The number of aromatic hydroxyl groups is 1. The second-order valence-electron chi connectivity index (χ2n) is 8.84. The number of phenolic OH excluding ortho intramolecular Hbond substituents is 1. The van der Waals surface area contributed by atoms with E-state index in [-0.39, 0.29) is 23.5 Å². The molecular weight excluding hydrogens is 442 g/mol. The minimum Gasteiger partial charge on any atom is -0.507 e. The number of rotatable bonds is 6. The third kappa shape index (κ3) is 4.42. The Labute approximate surface area is 197 Å². The first-order valence-corrected chi connectivity index (χ1v) is 11.9. The molecule has 176 valence electrons. The van der Waals surface area contributed by atoms with E-state index in [1.54, 1.807) is 6.92 Å². The molecule has 0 aromatic heterocycles. The molecule has 3 atom stereocenters. The molecule has 33 heavy (non-hydrogen) atoms. The Bertz CT molecular complexity index is 1100. The molecule has 4 rings (SSSR count). The van der Waals surface area contributed by atoms with Crippen molar-refractivity contribution >= 4 is 22.9 Å². The van der Waals surface area contributed by atoms with E-state index in [4.69, 9.17) is 9.47 Å². The normalized spacial score (nSPS) is 24.3. The fourth-order valence-corrected chi connectivity index (χ4v) is 5.32. The molecule has 0 aliphatic carbocycles. The van der Waals surface area contributed by atoms with Crippen LogP contribution in [0, 0.1) is 20.8 Å². The molecule has 2 aromatic rings. The van der Waals surface area contributed by atoms with Crippen LogP contribution < -0.4 is 14.8 Å². The Hall–Kier alpha value is -2.71. The van der Waals surface area contributed by atoms with E-state index in [9.17, 15) is 19.8 Å². The SMILES string of the molecule is CCC1(COc2ccc(CC3SC(=O)NC3=O)cc2)CC(O)c2c(C)c(O)c(C)c(C)c2O1. The van der Waals surface area contributed by atoms with Gasteiger partial charge in [0.15, 0.2) is 0 Å². The predicted octanol–water partition coefficient (Wildman–Crippen LogP) is 4.26. The summed E-state index contributed by atoms with van der Waals surface area (Å²) in [6.45, 7) is 7.80. The maximum atomic E-state index is 11.8. The molecule has 8 heteroatoms. The molecule has 1 saturated heterocycles. The Morgan fingerprint density at radius 3 is 2.45 bits per heavy atom. The van der Waals surface area contributed by atoms with Gasteiger partial charge in [-0.15, -0.1) is 0 Å². The molecule has 0 bridgehead atoms. The molecule has 3 N–H and O–H groups in total. The van der Waals surface area contributed by atoms with Crippen LogP contribution >= 0.6 is 11.8 Å². The minimum atomic E-state index is -0.761. The smallest absolute Gasteiger partial charge is 0.286 e. The average Bonchev–Trinajstić information content (AvgIpc) is 3.11. The number of thioether (sulfide) groups is 1. The third-order valence-electron chi connectivity index (χ3n) is 6.74. The van der Waals surface area contributed by atoms with Crippen molar-refractivity contribution in [2.75, 3.05) is 6.61 Å². The Balaban J connectivity index is 1.48. The number of imide groups is 1. The summed E-state index contributed by atoms with van der Waals surface area (Å²) in [5, 5.41) is 23.0. The molecule has 0 saturated carbocycles. The second kappa shape index (κ2) is 8.91. The van der Waals surface area contributed by atoms with Crippen LogP contribution in [0.2, 0.25) is 0 Å². The summed E-state index contributed by atoms with van der Waals surface area (Å²) in [6.07, 6.45) is 0.711. The zero-order chi connectivity index (χ0) is 23.9. The van der Waals surface area contributed by atoms with Gasteiger partial charge in [-0.25, -0.2) is 0 Å². The van der Waals surface area contributed by atoms with Gasteiger partial charge in [0.1, 0.15) is 29.5 Å². The van der Waals surface area contributed by atoms with Crippen LogP contribution in [0.1, 0.15) is 53.7 Å². The van der Waals surface area contributed by atoms with E-state index in [1.165, 1.54) is 0 Å². The summed E-state index contributed by atoms with van der Waals surface area (Å²) in [6, 6.07) is 7.44. The van der Waals surface area contributed by atoms with E-state index in [0.29, 0.717) is 41.9 Å². The van der Waals surface area contributed by atoms with Crippen LogP contribution in [0.15, 0.2) is 24.3 Å². The number of carbonyl (C=O) groups is 2. The maximum Gasteiger partial charge on any atom is 0.286 e. The van der Waals surface area contributed by atoms with Crippen molar-refractivity contribution in [3.63, 3.8) is 0 Å². The van der Waals surface area contributed by atoms with Crippen molar-refractivity contribution in [1.82, 2.24) is 5.32 Å². The number of carbonyl (C=O) groups excluding carboxylic acids is 2. The summed E-state index contributed by atoms with van der Waals surface area (Å²) < 4.78 is 12.5. The number of ether oxygens (including phenoxy) is 2. The van der Waals surface area contributed by atoms with Gasteiger partial charge in [0.2, 0.25) is 5.91 Å². The molecule has 7 nitrogen and oxygen atoms in total.